The number of alkyl halides is 3. The van der Waals surface area contributed by atoms with E-state index >= 15 is 0 Å². The van der Waals surface area contributed by atoms with Crippen molar-refractivity contribution in [3.63, 3.8) is 0 Å². The second kappa shape index (κ2) is 12.2. The molecule has 2 aromatic carbocycles. The number of carbonyl (C=O) groups excluding carboxylic acids is 1. The number of alkyl carbamates (subject to hydrolysis) is 1. The van der Waals surface area contributed by atoms with Crippen LogP contribution in [0.1, 0.15) is 50.3 Å². The summed E-state index contributed by atoms with van der Waals surface area (Å²) in [5.74, 6) is 0. The van der Waals surface area contributed by atoms with Gasteiger partial charge in [-0.2, -0.15) is 13.2 Å². The average molecular weight is 558 g/mol. The molecule has 1 amide bonds. The maximum absolute atomic E-state index is 13.8. The van der Waals surface area contributed by atoms with Crippen LogP contribution < -0.4 is 10.6 Å². The minimum absolute atomic E-state index is 0.0583. The number of amides is 1. The molecule has 1 aliphatic rings. The highest BCUT2D eigenvalue weighted by molar-refractivity contribution is 7.99. The Kier molecular flexibility index (Phi) is 9.69. The van der Waals surface area contributed by atoms with Crippen LogP contribution in [0.5, 0.6) is 0 Å². The monoisotopic (exact) mass is 557 g/mol. The van der Waals surface area contributed by atoms with Crippen molar-refractivity contribution >= 4 is 35.1 Å². The van der Waals surface area contributed by atoms with E-state index in [1.807, 2.05) is 40.7 Å². The highest BCUT2D eigenvalue weighted by atomic mass is 35.5. The normalized spacial score (nSPS) is 15.5. The first-order chi connectivity index (χ1) is 17.2. The molecule has 1 saturated heterocycles. The topological polar surface area (TPSA) is 53.6 Å². The molecule has 0 spiro atoms. The van der Waals surface area contributed by atoms with Crippen molar-refractivity contribution in [3.05, 3.63) is 52.0 Å². The summed E-state index contributed by atoms with van der Waals surface area (Å²) in [5, 5.41) is 6.69. The van der Waals surface area contributed by atoms with Crippen molar-refractivity contribution in [3.8, 4) is 0 Å². The van der Waals surface area contributed by atoms with Crippen LogP contribution in [0.15, 0.2) is 40.1 Å². The van der Waals surface area contributed by atoms with E-state index in [2.05, 4.69) is 15.5 Å². The number of hydrogen-bond acceptors (Lipinski definition) is 5. The molecule has 0 saturated carbocycles. The third-order valence-electron chi connectivity index (χ3n) is 6.10. The van der Waals surface area contributed by atoms with Gasteiger partial charge in [0.2, 0.25) is 0 Å². The molecule has 2 aromatic rings. The minimum atomic E-state index is -4.45. The van der Waals surface area contributed by atoms with Gasteiger partial charge < -0.3 is 20.3 Å². The number of piperidine rings is 1. The SMILES string of the molecule is Cc1ccc(Cl)cc1Sc1cc(C(F)(F)F)cc(NC2CCN(CCNC(=O)OC(C)(C)C)CC2)c1C. The molecule has 2 N–H and O–H groups in total. The molecule has 10 heteroatoms. The van der Waals surface area contributed by atoms with Gasteiger partial charge in [-0.3, -0.25) is 0 Å². The summed E-state index contributed by atoms with van der Waals surface area (Å²) in [6.07, 6.45) is -3.31. The van der Waals surface area contributed by atoms with E-state index in [0.717, 1.165) is 42.0 Å². The van der Waals surface area contributed by atoms with Crippen LogP contribution in [0.3, 0.4) is 0 Å². The van der Waals surface area contributed by atoms with E-state index in [4.69, 9.17) is 16.3 Å². The van der Waals surface area contributed by atoms with Crippen molar-refractivity contribution in [2.24, 2.45) is 0 Å². The number of aryl methyl sites for hydroxylation is 1. The van der Waals surface area contributed by atoms with Crippen molar-refractivity contribution in [1.29, 1.82) is 0 Å². The summed E-state index contributed by atoms with van der Waals surface area (Å²) in [5.41, 5.74) is 1.02. The van der Waals surface area contributed by atoms with Crippen molar-refractivity contribution in [2.45, 2.75) is 75.1 Å². The highest BCUT2D eigenvalue weighted by Gasteiger charge is 2.32. The number of carbonyl (C=O) groups is 1. The fourth-order valence-corrected chi connectivity index (χ4v) is 5.40. The molecule has 0 aliphatic carbocycles. The number of benzene rings is 2. The Bertz CT molecular complexity index is 1100. The molecule has 0 aromatic heterocycles. The molecule has 0 atom stereocenters. The number of nitrogens with one attached hydrogen (secondary N) is 2. The van der Waals surface area contributed by atoms with Crippen LogP contribution in [-0.4, -0.2) is 48.8 Å². The Labute approximate surface area is 226 Å². The number of ether oxygens (including phenoxy) is 1. The second-order valence-corrected chi connectivity index (χ2v) is 11.9. The zero-order valence-electron chi connectivity index (χ0n) is 21.9. The lowest BCUT2D eigenvalue weighted by Gasteiger charge is -2.33. The molecular formula is C27H35ClF3N3O2S. The fraction of sp³-hybridized carbons (Fsp3) is 0.519. The van der Waals surface area contributed by atoms with E-state index in [0.29, 0.717) is 28.7 Å². The summed E-state index contributed by atoms with van der Waals surface area (Å²) < 4.78 is 46.5. The van der Waals surface area contributed by atoms with Gasteiger partial charge in [-0.25, -0.2) is 4.79 Å². The van der Waals surface area contributed by atoms with Crippen LogP contribution in [0.4, 0.5) is 23.7 Å². The van der Waals surface area contributed by atoms with Gasteiger partial charge in [0.1, 0.15) is 5.60 Å². The van der Waals surface area contributed by atoms with Crippen LogP contribution in [0.2, 0.25) is 5.02 Å². The summed E-state index contributed by atoms with van der Waals surface area (Å²) >= 11 is 7.43. The molecule has 1 aliphatic heterocycles. The lowest BCUT2D eigenvalue weighted by atomic mass is 10.0. The predicted octanol–water partition coefficient (Wildman–Crippen LogP) is 7.53. The molecule has 3 rings (SSSR count). The first-order valence-corrected chi connectivity index (χ1v) is 13.5. The third kappa shape index (κ3) is 9.00. The largest absolute Gasteiger partial charge is 0.444 e. The molecule has 0 bridgehead atoms. The van der Waals surface area contributed by atoms with Gasteiger partial charge in [-0.15, -0.1) is 0 Å². The predicted molar refractivity (Wildman–Crippen MR) is 144 cm³/mol. The highest BCUT2D eigenvalue weighted by Crippen LogP contribution is 2.41. The van der Waals surface area contributed by atoms with Crippen LogP contribution in [0.25, 0.3) is 0 Å². The number of halogens is 4. The summed E-state index contributed by atoms with van der Waals surface area (Å²) in [6, 6.07) is 7.90. The van der Waals surface area contributed by atoms with Gasteiger partial charge in [-0.05, 0) is 82.9 Å². The molecule has 204 valence electrons. The Morgan fingerprint density at radius 1 is 1.11 bits per heavy atom. The van der Waals surface area contributed by atoms with Gasteiger partial charge in [0.05, 0.1) is 5.56 Å². The van der Waals surface area contributed by atoms with Crippen molar-refractivity contribution in [1.82, 2.24) is 10.2 Å². The first-order valence-electron chi connectivity index (χ1n) is 12.3. The maximum atomic E-state index is 13.8. The van der Waals surface area contributed by atoms with Gasteiger partial charge in [0.15, 0.2) is 0 Å². The average Bonchev–Trinajstić information content (AvgIpc) is 2.78. The Balaban J connectivity index is 1.64. The Morgan fingerprint density at radius 2 is 1.78 bits per heavy atom. The van der Waals surface area contributed by atoms with E-state index in [9.17, 15) is 18.0 Å². The zero-order chi connectivity index (χ0) is 27.4. The Morgan fingerprint density at radius 3 is 2.41 bits per heavy atom. The van der Waals surface area contributed by atoms with Crippen molar-refractivity contribution in [2.75, 3.05) is 31.5 Å². The minimum Gasteiger partial charge on any atom is -0.444 e. The summed E-state index contributed by atoms with van der Waals surface area (Å²) in [7, 11) is 0. The van der Waals surface area contributed by atoms with Crippen LogP contribution in [-0.2, 0) is 10.9 Å². The van der Waals surface area contributed by atoms with Crippen LogP contribution >= 0.6 is 23.4 Å². The second-order valence-electron chi connectivity index (χ2n) is 10.3. The molecule has 0 radical (unpaired) electrons. The van der Waals surface area contributed by atoms with Crippen molar-refractivity contribution < 1.29 is 22.7 Å². The standard InChI is InChI=1S/C27H35ClF3N3O2S/c1-17-6-7-20(28)16-23(17)37-24-15-19(27(29,30)31)14-22(18(24)2)33-21-8-11-34(12-9-21)13-10-32-25(35)36-26(3,4)5/h6-7,14-16,21,33H,8-13H2,1-5H3,(H,32,35). The zero-order valence-corrected chi connectivity index (χ0v) is 23.5. The molecular weight excluding hydrogens is 523 g/mol. The summed E-state index contributed by atoms with van der Waals surface area (Å²) in [6.45, 7) is 11.9. The van der Waals surface area contributed by atoms with E-state index in [-0.39, 0.29) is 6.04 Å². The first kappa shape index (κ1) is 29.5. The number of likely N-dealkylation sites (tertiary alicyclic amines) is 1. The lowest BCUT2D eigenvalue weighted by molar-refractivity contribution is -0.137. The molecule has 0 unspecified atom stereocenters. The van der Waals surface area contributed by atoms with Gasteiger partial charge in [0, 0.05) is 52.7 Å². The molecule has 1 heterocycles. The molecule has 5 nitrogen and oxygen atoms in total. The molecule has 37 heavy (non-hydrogen) atoms. The Hall–Kier alpha value is -2.10. The number of anilines is 1. The quantitative estimate of drug-likeness (QED) is 0.368. The van der Waals surface area contributed by atoms with Gasteiger partial charge in [-0.1, -0.05) is 29.4 Å². The smallest absolute Gasteiger partial charge is 0.416 e. The lowest BCUT2D eigenvalue weighted by Crippen LogP contribution is -2.43. The maximum Gasteiger partial charge on any atom is 0.416 e. The number of rotatable bonds is 7. The van der Waals surface area contributed by atoms with E-state index in [1.54, 1.807) is 12.1 Å². The van der Waals surface area contributed by atoms with Crippen LogP contribution in [0, 0.1) is 13.8 Å². The van der Waals surface area contributed by atoms with E-state index < -0.39 is 23.4 Å². The third-order valence-corrected chi connectivity index (χ3v) is 7.64. The number of nitrogens with zero attached hydrogens (tertiary/aromatic N) is 1. The molecule has 1 fully saturated rings. The van der Waals surface area contributed by atoms with E-state index in [1.165, 1.54) is 23.9 Å². The summed E-state index contributed by atoms with van der Waals surface area (Å²) in [4.78, 5) is 15.4. The number of hydrogen-bond donors (Lipinski definition) is 2. The van der Waals surface area contributed by atoms with Gasteiger partial charge in [0.25, 0.3) is 0 Å². The van der Waals surface area contributed by atoms with Gasteiger partial charge >= 0.3 is 12.3 Å². The fourth-order valence-electron chi connectivity index (χ4n) is 4.06.